The first kappa shape index (κ1) is 19.9. The number of aromatic amines is 1. The predicted molar refractivity (Wildman–Crippen MR) is 121 cm³/mol. The highest BCUT2D eigenvalue weighted by Crippen LogP contribution is 2.29. The zero-order chi connectivity index (χ0) is 19.4. The number of halogens is 1. The van der Waals surface area contributed by atoms with E-state index in [1.54, 1.807) is 12.1 Å². The quantitative estimate of drug-likeness (QED) is 0.343. The lowest BCUT2D eigenvalue weighted by Gasteiger charge is -2.36. The maximum Gasteiger partial charge on any atom is 0.260 e. The van der Waals surface area contributed by atoms with Gasteiger partial charge in [-0.15, -0.1) is 23.3 Å². The highest BCUT2D eigenvalue weighted by molar-refractivity contribution is 9.10. The molecule has 0 radical (unpaired) electrons. The third-order valence-corrected chi connectivity index (χ3v) is 5.15. The van der Waals surface area contributed by atoms with Crippen molar-refractivity contribution in [2.75, 3.05) is 36.0 Å². The maximum atomic E-state index is 12.2. The van der Waals surface area contributed by atoms with E-state index < -0.39 is 0 Å². The number of hydrogen-bond acceptors (Lipinski definition) is 7. The Morgan fingerprint density at radius 3 is 2.41 bits per heavy atom. The summed E-state index contributed by atoms with van der Waals surface area (Å²) in [6.07, 6.45) is 0. The molecule has 9 heteroatoms. The predicted octanol–water partition coefficient (Wildman–Crippen LogP) is 3.48. The van der Waals surface area contributed by atoms with Crippen molar-refractivity contribution in [3.8, 4) is 5.75 Å². The molecule has 1 aliphatic heterocycles. The molecule has 27 heavy (non-hydrogen) atoms. The molecule has 2 N–H and O–H groups in total. The minimum Gasteiger partial charge on any atom is -0.507 e. The highest BCUT2D eigenvalue weighted by Gasteiger charge is 2.20. The van der Waals surface area contributed by atoms with Crippen molar-refractivity contribution in [3.05, 3.63) is 57.3 Å². The van der Waals surface area contributed by atoms with E-state index in [1.165, 1.54) is 0 Å². The molecule has 2 aromatic carbocycles. The van der Waals surface area contributed by atoms with Gasteiger partial charge in [0.15, 0.2) is 0 Å². The van der Waals surface area contributed by atoms with Gasteiger partial charge in [0.2, 0.25) is 5.95 Å². The van der Waals surface area contributed by atoms with Gasteiger partial charge in [-0.3, -0.25) is 9.78 Å². The summed E-state index contributed by atoms with van der Waals surface area (Å²) in [6, 6.07) is 12.9. The van der Waals surface area contributed by atoms with Gasteiger partial charge in [0, 0.05) is 37.9 Å². The fourth-order valence-corrected chi connectivity index (χ4v) is 3.34. The van der Waals surface area contributed by atoms with Crippen molar-refractivity contribution < 1.29 is 5.11 Å². The molecule has 1 saturated heterocycles. The fraction of sp³-hybridized carbons (Fsp3) is 0.222. The van der Waals surface area contributed by atoms with E-state index in [9.17, 15) is 9.90 Å². The van der Waals surface area contributed by atoms with Crippen LogP contribution in [-0.4, -0.2) is 41.3 Å². The van der Waals surface area contributed by atoms with Crippen LogP contribution in [0, 0.1) is 0 Å². The van der Waals surface area contributed by atoms with E-state index in [2.05, 4.69) is 59.0 Å². The molecule has 0 bridgehead atoms. The van der Waals surface area contributed by atoms with Gasteiger partial charge in [-0.1, -0.05) is 12.1 Å². The number of phenolic OH excluding ortho intramolecular Hbond substituents is 1. The Labute approximate surface area is 175 Å². The second-order valence-corrected chi connectivity index (χ2v) is 6.87. The summed E-state index contributed by atoms with van der Waals surface area (Å²) in [6.45, 7) is 3.07. The molecule has 0 atom stereocenters. The van der Waals surface area contributed by atoms with E-state index >= 15 is 0 Å². The van der Waals surface area contributed by atoms with Crippen molar-refractivity contribution in [1.29, 1.82) is 0 Å². The largest absolute Gasteiger partial charge is 0.507 e. The SMILES string of the molecule is O=c1[nH]c(N2CCN(c3ccc(Br)c(O)c3)CC2)nc2ccccc12.SS. The molecule has 0 saturated carbocycles. The average molecular weight is 467 g/mol. The molecule has 0 amide bonds. The zero-order valence-corrected chi connectivity index (χ0v) is 17.7. The summed E-state index contributed by atoms with van der Waals surface area (Å²) in [5.74, 6) is 0.849. The topological polar surface area (TPSA) is 72.5 Å². The molecule has 0 unspecified atom stereocenters. The fourth-order valence-electron chi connectivity index (χ4n) is 3.10. The zero-order valence-electron chi connectivity index (χ0n) is 14.3. The molecule has 2 heterocycles. The number of nitrogens with one attached hydrogen (secondary N) is 1. The Morgan fingerprint density at radius 1 is 1.04 bits per heavy atom. The Morgan fingerprint density at radius 2 is 1.70 bits per heavy atom. The van der Waals surface area contributed by atoms with Crippen molar-refractivity contribution in [3.63, 3.8) is 0 Å². The number of piperazine rings is 1. The number of rotatable bonds is 2. The molecule has 0 spiro atoms. The van der Waals surface area contributed by atoms with E-state index in [1.807, 2.05) is 30.3 Å². The third kappa shape index (κ3) is 4.36. The molecular weight excluding hydrogens is 448 g/mol. The van der Waals surface area contributed by atoms with Crippen molar-refractivity contribution >= 4 is 61.8 Å². The number of nitrogens with zero attached hydrogens (tertiary/aromatic N) is 3. The van der Waals surface area contributed by atoms with Crippen LogP contribution in [0.15, 0.2) is 51.7 Å². The number of hydrogen-bond donors (Lipinski definition) is 4. The van der Waals surface area contributed by atoms with Crippen molar-refractivity contribution in [2.24, 2.45) is 0 Å². The van der Waals surface area contributed by atoms with Gasteiger partial charge in [-0.05, 0) is 40.2 Å². The van der Waals surface area contributed by atoms with Crippen LogP contribution in [0.4, 0.5) is 11.6 Å². The Bertz CT molecular complexity index is 991. The smallest absolute Gasteiger partial charge is 0.260 e. The van der Waals surface area contributed by atoms with Crippen LogP contribution in [0.25, 0.3) is 10.9 Å². The number of phenols is 1. The van der Waals surface area contributed by atoms with Gasteiger partial charge in [-0.25, -0.2) is 4.98 Å². The number of anilines is 2. The van der Waals surface area contributed by atoms with Crippen LogP contribution >= 0.6 is 39.3 Å². The average Bonchev–Trinajstić information content (AvgIpc) is 2.72. The number of aromatic nitrogens is 2. The van der Waals surface area contributed by atoms with Gasteiger partial charge in [0.25, 0.3) is 5.56 Å². The van der Waals surface area contributed by atoms with Gasteiger partial charge in [0.05, 0.1) is 15.4 Å². The lowest BCUT2D eigenvalue weighted by Crippen LogP contribution is -2.47. The molecule has 4 rings (SSSR count). The number of benzene rings is 2. The highest BCUT2D eigenvalue weighted by atomic mass is 79.9. The first-order valence-electron chi connectivity index (χ1n) is 8.29. The summed E-state index contributed by atoms with van der Waals surface area (Å²) >= 11 is 9.75. The summed E-state index contributed by atoms with van der Waals surface area (Å²) in [5, 5.41) is 10.5. The van der Waals surface area contributed by atoms with E-state index in [0.717, 1.165) is 31.9 Å². The lowest BCUT2D eigenvalue weighted by atomic mass is 10.2. The molecule has 3 aromatic rings. The first-order valence-corrected chi connectivity index (χ1v) is 10.7. The second kappa shape index (κ2) is 8.90. The number of H-pyrrole nitrogens is 1. The van der Waals surface area contributed by atoms with Crippen LogP contribution in [0.5, 0.6) is 5.75 Å². The van der Waals surface area contributed by atoms with Gasteiger partial charge in [-0.2, -0.15) is 0 Å². The van der Waals surface area contributed by atoms with E-state index in [-0.39, 0.29) is 11.3 Å². The van der Waals surface area contributed by atoms with Gasteiger partial charge in [0.1, 0.15) is 5.75 Å². The lowest BCUT2D eigenvalue weighted by molar-refractivity contribution is 0.471. The van der Waals surface area contributed by atoms with E-state index in [0.29, 0.717) is 21.3 Å². The Kier molecular flexibility index (Phi) is 6.56. The van der Waals surface area contributed by atoms with Crippen molar-refractivity contribution in [2.45, 2.75) is 0 Å². The minimum atomic E-state index is -0.110. The molecule has 1 aromatic heterocycles. The summed E-state index contributed by atoms with van der Waals surface area (Å²) in [5.41, 5.74) is 1.59. The Hall–Kier alpha value is -1.84. The number of para-hydroxylation sites is 1. The van der Waals surface area contributed by atoms with Gasteiger partial charge < -0.3 is 14.9 Å². The van der Waals surface area contributed by atoms with Crippen molar-refractivity contribution in [1.82, 2.24) is 9.97 Å². The Balaban J connectivity index is 0.00000102. The number of thiol groups is 2. The van der Waals surface area contributed by atoms with Gasteiger partial charge >= 0.3 is 0 Å². The number of aromatic hydroxyl groups is 1. The second-order valence-electron chi connectivity index (χ2n) is 6.02. The summed E-state index contributed by atoms with van der Waals surface area (Å²) in [7, 11) is 0. The van der Waals surface area contributed by atoms with Crippen LogP contribution in [0.3, 0.4) is 0 Å². The van der Waals surface area contributed by atoms with E-state index in [4.69, 9.17) is 0 Å². The minimum absolute atomic E-state index is 0.110. The van der Waals surface area contributed by atoms with Crippen LogP contribution in [0.2, 0.25) is 0 Å². The number of fused-ring (bicyclic) bond motifs is 1. The third-order valence-electron chi connectivity index (χ3n) is 4.47. The first-order chi connectivity index (χ1) is 13.1. The van der Waals surface area contributed by atoms with Crippen LogP contribution < -0.4 is 15.4 Å². The summed E-state index contributed by atoms with van der Waals surface area (Å²) in [4.78, 5) is 24.0. The standard InChI is InChI=1S/C18H17BrN4O2.H2S2/c19-14-6-5-12(11-16(14)24)22-7-9-23(10-8-22)18-20-15-4-2-1-3-13(15)17(25)21-18;1-2/h1-6,11,24H,7-10H2,(H,20,21,25);1-2H. The monoisotopic (exact) mass is 466 g/mol. The molecule has 6 nitrogen and oxygen atoms in total. The molecule has 1 fully saturated rings. The summed E-state index contributed by atoms with van der Waals surface area (Å²) < 4.78 is 0.688. The molecule has 1 aliphatic rings. The molecular formula is C18H19BrN4O2S2. The molecule has 142 valence electrons. The normalized spacial score (nSPS) is 14.0. The maximum absolute atomic E-state index is 12.2. The van der Waals surface area contributed by atoms with Crippen LogP contribution in [-0.2, 0) is 0 Å². The molecule has 0 aliphatic carbocycles. The van der Waals surface area contributed by atoms with Crippen LogP contribution in [0.1, 0.15) is 0 Å².